The number of benzene rings is 2. The number of ether oxygens (including phenoxy) is 2. The number of thiazole rings is 1. The number of nitrogens with zero attached hydrogens (tertiary/aromatic N) is 2. The monoisotopic (exact) mass is 410 g/mol. The Labute approximate surface area is 169 Å². The summed E-state index contributed by atoms with van der Waals surface area (Å²) < 4.78 is 18.4. The molecule has 0 saturated heterocycles. The second kappa shape index (κ2) is 7.92. The smallest absolute Gasteiger partial charge is 0.325 e. The number of rotatable bonds is 5. The summed E-state index contributed by atoms with van der Waals surface area (Å²) in [6.07, 6.45) is 0. The van der Waals surface area contributed by atoms with Gasteiger partial charge in [-0.05, 0) is 37.3 Å². The van der Waals surface area contributed by atoms with E-state index in [0.717, 1.165) is 15.6 Å². The molecular formula is C21H18N2O5S. The fraction of sp³-hybridized carbons (Fsp3) is 0.190. The molecule has 0 bridgehead atoms. The fourth-order valence-electron chi connectivity index (χ4n) is 2.97. The van der Waals surface area contributed by atoms with E-state index in [0.29, 0.717) is 22.7 Å². The van der Waals surface area contributed by atoms with Gasteiger partial charge in [-0.1, -0.05) is 29.5 Å². The molecule has 2 aromatic heterocycles. The van der Waals surface area contributed by atoms with Crippen LogP contribution in [-0.2, 0) is 16.1 Å². The van der Waals surface area contributed by atoms with E-state index < -0.39 is 11.9 Å². The quantitative estimate of drug-likeness (QED) is 0.468. The molecule has 0 radical (unpaired) electrons. The van der Waals surface area contributed by atoms with Crippen molar-refractivity contribution in [3.05, 3.63) is 59.1 Å². The zero-order chi connectivity index (χ0) is 20.4. The predicted octanol–water partition coefficient (Wildman–Crippen LogP) is 3.76. The highest BCUT2D eigenvalue weighted by Gasteiger charge is 2.15. The first kappa shape index (κ1) is 18.9. The Morgan fingerprint density at radius 3 is 2.76 bits per heavy atom. The second-order valence-corrected chi connectivity index (χ2v) is 7.18. The molecule has 0 aliphatic rings. The van der Waals surface area contributed by atoms with Crippen LogP contribution in [0, 0.1) is 0 Å². The van der Waals surface area contributed by atoms with E-state index in [2.05, 4.69) is 4.99 Å². The largest absolute Gasteiger partial charge is 0.494 e. The molecule has 2 heterocycles. The maximum atomic E-state index is 12.7. The summed E-state index contributed by atoms with van der Waals surface area (Å²) in [5.74, 6) is -0.0995. The molecule has 29 heavy (non-hydrogen) atoms. The molecule has 148 valence electrons. The van der Waals surface area contributed by atoms with Gasteiger partial charge in [0.15, 0.2) is 10.6 Å². The minimum atomic E-state index is -0.517. The Balaban J connectivity index is 1.82. The van der Waals surface area contributed by atoms with Gasteiger partial charge in [0.1, 0.15) is 17.9 Å². The molecule has 0 spiro atoms. The highest BCUT2D eigenvalue weighted by atomic mass is 32.1. The van der Waals surface area contributed by atoms with Crippen molar-refractivity contribution in [3.63, 3.8) is 0 Å². The van der Waals surface area contributed by atoms with Crippen LogP contribution in [0.1, 0.15) is 17.5 Å². The maximum Gasteiger partial charge on any atom is 0.325 e. The van der Waals surface area contributed by atoms with E-state index in [1.165, 1.54) is 18.4 Å². The Bertz CT molecular complexity index is 1250. The first-order chi connectivity index (χ1) is 14.1. The Hall–Kier alpha value is -3.39. The van der Waals surface area contributed by atoms with Crippen molar-refractivity contribution in [1.82, 2.24) is 4.57 Å². The molecule has 1 amide bonds. The number of amides is 1. The van der Waals surface area contributed by atoms with E-state index >= 15 is 0 Å². The van der Waals surface area contributed by atoms with Gasteiger partial charge in [0.25, 0.3) is 0 Å². The van der Waals surface area contributed by atoms with E-state index in [1.54, 1.807) is 16.7 Å². The lowest BCUT2D eigenvalue weighted by atomic mass is 10.2. The van der Waals surface area contributed by atoms with Crippen LogP contribution in [0.15, 0.2) is 57.9 Å². The minimum absolute atomic E-state index is 0.0588. The molecule has 0 N–H and O–H groups in total. The summed E-state index contributed by atoms with van der Waals surface area (Å²) >= 11 is 1.29. The van der Waals surface area contributed by atoms with Gasteiger partial charge in [-0.3, -0.25) is 9.59 Å². The van der Waals surface area contributed by atoms with Crippen molar-refractivity contribution in [2.24, 2.45) is 4.99 Å². The van der Waals surface area contributed by atoms with Gasteiger partial charge < -0.3 is 18.5 Å². The normalized spacial score (nSPS) is 11.9. The molecule has 8 heteroatoms. The molecule has 0 fully saturated rings. The molecular weight excluding hydrogens is 392 g/mol. The number of hydrogen-bond donors (Lipinski definition) is 0. The summed E-state index contributed by atoms with van der Waals surface area (Å²) in [6, 6.07) is 14.5. The predicted molar refractivity (Wildman–Crippen MR) is 109 cm³/mol. The number of fused-ring (bicyclic) bond motifs is 2. The number of carbonyl (C=O) groups is 2. The summed E-state index contributed by atoms with van der Waals surface area (Å²) in [7, 11) is 1.32. The summed E-state index contributed by atoms with van der Waals surface area (Å²) in [4.78, 5) is 29.2. The van der Waals surface area contributed by atoms with Gasteiger partial charge in [-0.15, -0.1) is 0 Å². The molecule has 2 aromatic carbocycles. The standard InChI is InChI=1S/C21H18N2O5S/c1-3-27-14-8-9-15-18(11-14)29-21(23(15)12-19(24)26-2)22-20(25)17-10-13-6-4-5-7-16(13)28-17/h4-11H,3,12H2,1-2H3. The molecule has 0 unspecified atom stereocenters. The van der Waals surface area contributed by atoms with E-state index in [-0.39, 0.29) is 12.3 Å². The van der Waals surface area contributed by atoms with E-state index in [4.69, 9.17) is 13.9 Å². The average Bonchev–Trinajstić information content (AvgIpc) is 3.29. The van der Waals surface area contributed by atoms with Crippen LogP contribution >= 0.6 is 11.3 Å². The van der Waals surface area contributed by atoms with Crippen molar-refractivity contribution >= 4 is 44.4 Å². The lowest BCUT2D eigenvalue weighted by molar-refractivity contribution is -0.141. The van der Waals surface area contributed by atoms with E-state index in [1.807, 2.05) is 43.3 Å². The van der Waals surface area contributed by atoms with Gasteiger partial charge in [0.05, 0.1) is 23.9 Å². The third kappa shape index (κ3) is 3.79. The van der Waals surface area contributed by atoms with Crippen molar-refractivity contribution in [2.45, 2.75) is 13.5 Å². The lowest BCUT2D eigenvalue weighted by Gasteiger charge is -2.05. The molecule has 7 nitrogen and oxygen atoms in total. The van der Waals surface area contributed by atoms with Crippen molar-refractivity contribution in [3.8, 4) is 5.75 Å². The zero-order valence-electron chi connectivity index (χ0n) is 15.9. The molecule has 4 rings (SSSR count). The number of carbonyl (C=O) groups excluding carboxylic acids is 2. The van der Waals surface area contributed by atoms with Crippen molar-refractivity contribution < 1.29 is 23.5 Å². The van der Waals surface area contributed by atoms with Gasteiger partial charge in [-0.25, -0.2) is 0 Å². The van der Waals surface area contributed by atoms with Crippen LogP contribution in [0.5, 0.6) is 5.75 Å². The first-order valence-electron chi connectivity index (χ1n) is 8.99. The Morgan fingerprint density at radius 2 is 2.00 bits per heavy atom. The van der Waals surface area contributed by atoms with Gasteiger partial charge >= 0.3 is 11.9 Å². The van der Waals surface area contributed by atoms with Gasteiger partial charge in [-0.2, -0.15) is 4.99 Å². The van der Waals surface area contributed by atoms with Crippen LogP contribution in [0.3, 0.4) is 0 Å². The van der Waals surface area contributed by atoms with Crippen molar-refractivity contribution in [1.29, 1.82) is 0 Å². The molecule has 4 aromatic rings. The lowest BCUT2D eigenvalue weighted by Crippen LogP contribution is -2.22. The van der Waals surface area contributed by atoms with Crippen LogP contribution in [-0.4, -0.2) is 30.2 Å². The van der Waals surface area contributed by atoms with Crippen LogP contribution < -0.4 is 9.54 Å². The van der Waals surface area contributed by atoms with Crippen LogP contribution in [0.4, 0.5) is 0 Å². The summed E-state index contributed by atoms with van der Waals surface area (Å²) in [5, 5.41) is 0.825. The number of furan rings is 1. The summed E-state index contributed by atoms with van der Waals surface area (Å²) in [5.41, 5.74) is 1.38. The number of aromatic nitrogens is 1. The molecule has 0 aliphatic carbocycles. The van der Waals surface area contributed by atoms with Crippen LogP contribution in [0.2, 0.25) is 0 Å². The topological polar surface area (TPSA) is 83.0 Å². The third-order valence-electron chi connectivity index (χ3n) is 4.31. The number of para-hydroxylation sites is 1. The molecule has 0 aliphatic heterocycles. The summed E-state index contributed by atoms with van der Waals surface area (Å²) in [6.45, 7) is 2.39. The highest BCUT2D eigenvalue weighted by Crippen LogP contribution is 2.24. The fourth-order valence-corrected chi connectivity index (χ4v) is 4.03. The number of hydrogen-bond acceptors (Lipinski definition) is 6. The average molecular weight is 410 g/mol. The van der Waals surface area contributed by atoms with Crippen molar-refractivity contribution in [2.75, 3.05) is 13.7 Å². The maximum absolute atomic E-state index is 12.7. The minimum Gasteiger partial charge on any atom is -0.494 e. The number of methoxy groups -OCH3 is 1. The van der Waals surface area contributed by atoms with Gasteiger partial charge in [0.2, 0.25) is 0 Å². The number of esters is 1. The van der Waals surface area contributed by atoms with Crippen LogP contribution in [0.25, 0.3) is 21.2 Å². The zero-order valence-corrected chi connectivity index (χ0v) is 16.7. The third-order valence-corrected chi connectivity index (χ3v) is 5.35. The Kier molecular flexibility index (Phi) is 5.18. The molecule has 0 saturated carbocycles. The van der Waals surface area contributed by atoms with Gasteiger partial charge in [0, 0.05) is 5.39 Å². The SMILES string of the molecule is CCOc1ccc2c(c1)sc(=NC(=O)c1cc3ccccc3o1)n2CC(=O)OC. The van der Waals surface area contributed by atoms with E-state index in [9.17, 15) is 9.59 Å². The highest BCUT2D eigenvalue weighted by molar-refractivity contribution is 7.16. The molecule has 0 atom stereocenters. The first-order valence-corrected chi connectivity index (χ1v) is 9.81. The second-order valence-electron chi connectivity index (χ2n) is 6.17. The Morgan fingerprint density at radius 1 is 1.17 bits per heavy atom.